The van der Waals surface area contributed by atoms with E-state index < -0.39 is 0 Å². The molecule has 0 saturated carbocycles. The van der Waals surface area contributed by atoms with Crippen molar-refractivity contribution in [3.05, 3.63) is 60.8 Å². The highest BCUT2D eigenvalue weighted by atomic mass is 16.1. The van der Waals surface area contributed by atoms with Gasteiger partial charge in [-0.25, -0.2) is 9.97 Å². The minimum Gasteiger partial charge on any atom is -0.369 e. The van der Waals surface area contributed by atoms with Crippen LogP contribution in [0.5, 0.6) is 0 Å². The number of rotatable bonds is 8. The number of hydrogen-bond acceptors (Lipinski definition) is 6. The maximum atomic E-state index is 11.2. The van der Waals surface area contributed by atoms with Gasteiger partial charge in [-0.05, 0) is 55.4 Å². The number of aromatic nitrogens is 2. The molecule has 1 aromatic heterocycles. The second kappa shape index (κ2) is 10.9. The van der Waals surface area contributed by atoms with E-state index in [1.54, 1.807) is 6.20 Å². The first-order valence-corrected chi connectivity index (χ1v) is 11.7. The molecule has 7 heteroatoms. The Morgan fingerprint density at radius 1 is 0.939 bits per heavy atom. The Kier molecular flexibility index (Phi) is 7.52. The van der Waals surface area contributed by atoms with Gasteiger partial charge in [0.1, 0.15) is 0 Å². The highest BCUT2D eigenvalue weighted by Crippen LogP contribution is 2.23. The van der Waals surface area contributed by atoms with E-state index in [2.05, 4.69) is 61.6 Å². The SMILES string of the molecule is CCCCN1CCN(c2ccc(Nc3nccc(-c4ccc(NC(C)=O)cc4)n3)cc2)CC1. The molecule has 4 rings (SSSR count). The summed E-state index contributed by atoms with van der Waals surface area (Å²) in [4.78, 5) is 25.2. The minimum atomic E-state index is -0.0866. The van der Waals surface area contributed by atoms with E-state index in [4.69, 9.17) is 0 Å². The molecule has 33 heavy (non-hydrogen) atoms. The predicted octanol–water partition coefficient (Wildman–Crippen LogP) is 4.77. The lowest BCUT2D eigenvalue weighted by Crippen LogP contribution is -2.46. The van der Waals surface area contributed by atoms with E-state index in [1.807, 2.05) is 30.3 Å². The summed E-state index contributed by atoms with van der Waals surface area (Å²) in [6.45, 7) is 9.37. The van der Waals surface area contributed by atoms with E-state index in [-0.39, 0.29) is 5.91 Å². The van der Waals surface area contributed by atoms with Gasteiger partial charge in [0.2, 0.25) is 11.9 Å². The van der Waals surface area contributed by atoms with Gasteiger partial charge in [-0.2, -0.15) is 0 Å². The monoisotopic (exact) mass is 444 g/mol. The van der Waals surface area contributed by atoms with Crippen LogP contribution in [0.2, 0.25) is 0 Å². The van der Waals surface area contributed by atoms with Crippen molar-refractivity contribution in [3.8, 4) is 11.3 Å². The number of piperazine rings is 1. The summed E-state index contributed by atoms with van der Waals surface area (Å²) in [5, 5.41) is 6.08. The van der Waals surface area contributed by atoms with Gasteiger partial charge in [0, 0.05) is 61.9 Å². The number of benzene rings is 2. The topological polar surface area (TPSA) is 73.4 Å². The van der Waals surface area contributed by atoms with Crippen molar-refractivity contribution in [3.63, 3.8) is 0 Å². The third-order valence-electron chi connectivity index (χ3n) is 5.85. The van der Waals surface area contributed by atoms with Crippen LogP contribution in [-0.4, -0.2) is 53.5 Å². The summed E-state index contributed by atoms with van der Waals surface area (Å²) in [5.74, 6) is 0.465. The van der Waals surface area contributed by atoms with Crippen LogP contribution < -0.4 is 15.5 Å². The molecule has 2 heterocycles. The van der Waals surface area contributed by atoms with Gasteiger partial charge in [-0.1, -0.05) is 25.5 Å². The molecule has 1 amide bonds. The van der Waals surface area contributed by atoms with Crippen LogP contribution in [0.1, 0.15) is 26.7 Å². The molecule has 3 aromatic rings. The fourth-order valence-electron chi connectivity index (χ4n) is 4.00. The van der Waals surface area contributed by atoms with E-state index in [0.29, 0.717) is 5.95 Å². The van der Waals surface area contributed by atoms with Crippen molar-refractivity contribution >= 4 is 28.9 Å². The third-order valence-corrected chi connectivity index (χ3v) is 5.85. The molecule has 1 aliphatic rings. The molecule has 0 unspecified atom stereocenters. The second-order valence-electron chi connectivity index (χ2n) is 8.38. The van der Waals surface area contributed by atoms with Crippen molar-refractivity contribution in [1.29, 1.82) is 0 Å². The third kappa shape index (κ3) is 6.29. The fourth-order valence-corrected chi connectivity index (χ4v) is 4.00. The minimum absolute atomic E-state index is 0.0866. The van der Waals surface area contributed by atoms with Crippen LogP contribution in [0, 0.1) is 0 Å². The number of unbranched alkanes of at least 4 members (excludes halogenated alkanes) is 1. The van der Waals surface area contributed by atoms with E-state index in [1.165, 1.54) is 32.0 Å². The summed E-state index contributed by atoms with van der Waals surface area (Å²) in [7, 11) is 0. The van der Waals surface area contributed by atoms with Crippen LogP contribution in [-0.2, 0) is 4.79 Å². The molecule has 1 fully saturated rings. The number of nitrogens with one attached hydrogen (secondary N) is 2. The average Bonchev–Trinajstić information content (AvgIpc) is 2.84. The van der Waals surface area contributed by atoms with Gasteiger partial charge >= 0.3 is 0 Å². The molecule has 2 aromatic carbocycles. The smallest absolute Gasteiger partial charge is 0.227 e. The lowest BCUT2D eigenvalue weighted by Gasteiger charge is -2.36. The zero-order valence-corrected chi connectivity index (χ0v) is 19.4. The second-order valence-corrected chi connectivity index (χ2v) is 8.38. The number of amides is 1. The molecule has 0 atom stereocenters. The molecule has 0 bridgehead atoms. The Hall–Kier alpha value is -3.45. The molecule has 0 aliphatic carbocycles. The number of carbonyl (C=O) groups is 1. The molecule has 1 aliphatic heterocycles. The zero-order chi connectivity index (χ0) is 23.0. The van der Waals surface area contributed by atoms with Crippen molar-refractivity contribution in [2.24, 2.45) is 0 Å². The summed E-state index contributed by atoms with van der Waals surface area (Å²) in [5.41, 5.74) is 4.76. The van der Waals surface area contributed by atoms with Crippen molar-refractivity contribution in [2.45, 2.75) is 26.7 Å². The molecule has 1 saturated heterocycles. The van der Waals surface area contributed by atoms with E-state index >= 15 is 0 Å². The summed E-state index contributed by atoms with van der Waals surface area (Å²) in [6.07, 6.45) is 4.29. The number of anilines is 4. The van der Waals surface area contributed by atoms with Crippen LogP contribution in [0.15, 0.2) is 60.8 Å². The largest absolute Gasteiger partial charge is 0.369 e. The van der Waals surface area contributed by atoms with Gasteiger partial charge in [0.25, 0.3) is 0 Å². The maximum Gasteiger partial charge on any atom is 0.227 e. The van der Waals surface area contributed by atoms with Crippen LogP contribution >= 0.6 is 0 Å². The first-order chi connectivity index (χ1) is 16.1. The Morgan fingerprint density at radius 2 is 1.64 bits per heavy atom. The van der Waals surface area contributed by atoms with Gasteiger partial charge < -0.3 is 15.5 Å². The quantitative estimate of drug-likeness (QED) is 0.522. The highest BCUT2D eigenvalue weighted by Gasteiger charge is 2.16. The maximum absolute atomic E-state index is 11.2. The van der Waals surface area contributed by atoms with Crippen LogP contribution in [0.4, 0.5) is 23.0 Å². The molecule has 0 spiro atoms. The van der Waals surface area contributed by atoms with Gasteiger partial charge in [0.15, 0.2) is 0 Å². The Morgan fingerprint density at radius 3 is 2.30 bits per heavy atom. The Bertz CT molecular complexity index is 1040. The van der Waals surface area contributed by atoms with Gasteiger partial charge in [-0.3, -0.25) is 9.69 Å². The molecule has 2 N–H and O–H groups in total. The lowest BCUT2D eigenvalue weighted by molar-refractivity contribution is -0.114. The zero-order valence-electron chi connectivity index (χ0n) is 19.4. The van der Waals surface area contributed by atoms with Gasteiger partial charge in [0.05, 0.1) is 5.69 Å². The van der Waals surface area contributed by atoms with Gasteiger partial charge in [-0.15, -0.1) is 0 Å². The summed E-state index contributed by atoms with van der Waals surface area (Å²) < 4.78 is 0. The normalized spacial score (nSPS) is 14.2. The van der Waals surface area contributed by atoms with E-state index in [0.717, 1.165) is 48.8 Å². The van der Waals surface area contributed by atoms with Crippen molar-refractivity contribution in [2.75, 3.05) is 48.3 Å². The lowest BCUT2D eigenvalue weighted by atomic mass is 10.1. The van der Waals surface area contributed by atoms with Crippen molar-refractivity contribution in [1.82, 2.24) is 14.9 Å². The first kappa shape index (κ1) is 22.7. The molecular weight excluding hydrogens is 412 g/mol. The number of hydrogen-bond donors (Lipinski definition) is 2. The van der Waals surface area contributed by atoms with E-state index in [9.17, 15) is 4.79 Å². The number of carbonyl (C=O) groups excluding carboxylic acids is 1. The van der Waals surface area contributed by atoms with Crippen LogP contribution in [0.25, 0.3) is 11.3 Å². The molecule has 172 valence electrons. The predicted molar refractivity (Wildman–Crippen MR) is 135 cm³/mol. The Labute approximate surface area is 195 Å². The average molecular weight is 445 g/mol. The summed E-state index contributed by atoms with van der Waals surface area (Å²) >= 11 is 0. The molecule has 0 radical (unpaired) electrons. The Balaban J connectivity index is 1.36. The van der Waals surface area contributed by atoms with Crippen LogP contribution in [0.3, 0.4) is 0 Å². The first-order valence-electron chi connectivity index (χ1n) is 11.7. The number of nitrogens with zero attached hydrogens (tertiary/aromatic N) is 4. The standard InChI is InChI=1S/C26H32N6O/c1-3-4-15-31-16-18-32(19-17-31)24-11-9-23(10-12-24)29-26-27-14-13-25(30-26)21-5-7-22(8-6-21)28-20(2)33/h5-14H,3-4,15-19H2,1-2H3,(H,28,33)(H,27,29,30). The molecular formula is C26H32N6O. The molecule has 7 nitrogen and oxygen atoms in total. The fraction of sp³-hybridized carbons (Fsp3) is 0.346. The summed E-state index contributed by atoms with van der Waals surface area (Å²) in [6, 6.07) is 18.0. The highest BCUT2D eigenvalue weighted by molar-refractivity contribution is 5.88. The van der Waals surface area contributed by atoms with Crippen molar-refractivity contribution < 1.29 is 4.79 Å².